The van der Waals surface area contributed by atoms with Crippen molar-refractivity contribution in [3.05, 3.63) is 70.7 Å². The summed E-state index contributed by atoms with van der Waals surface area (Å²) in [6.07, 6.45) is 0. The fraction of sp³-hybridized carbons (Fsp3) is 0.105. The second-order valence-corrected chi connectivity index (χ2v) is 8.01. The molecule has 0 saturated heterocycles. The highest BCUT2D eigenvalue weighted by atomic mass is 32.2. The van der Waals surface area contributed by atoms with Crippen molar-refractivity contribution < 1.29 is 22.3 Å². The van der Waals surface area contributed by atoms with Gasteiger partial charge >= 0.3 is 5.97 Å². The topological polar surface area (TPSA) is 72.5 Å². The van der Waals surface area contributed by atoms with E-state index in [9.17, 15) is 17.6 Å². The van der Waals surface area contributed by atoms with E-state index >= 15 is 0 Å². The lowest BCUT2D eigenvalue weighted by molar-refractivity contribution is 0.0528. The molecule has 0 atom stereocenters. The molecule has 0 aliphatic rings. The number of thiophene rings is 1. The van der Waals surface area contributed by atoms with Gasteiger partial charge in [-0.05, 0) is 36.8 Å². The normalized spacial score (nSPS) is 11.2. The van der Waals surface area contributed by atoms with Crippen molar-refractivity contribution in [1.82, 2.24) is 0 Å². The zero-order valence-corrected chi connectivity index (χ0v) is 15.9. The second kappa shape index (κ2) is 7.89. The molecule has 0 spiro atoms. The average Bonchev–Trinajstić information content (AvgIpc) is 3.11. The van der Waals surface area contributed by atoms with Gasteiger partial charge in [0.1, 0.15) is 15.6 Å². The summed E-state index contributed by atoms with van der Waals surface area (Å²) < 4.78 is 46.6. The monoisotopic (exact) mass is 405 g/mol. The van der Waals surface area contributed by atoms with E-state index in [1.807, 2.05) is 6.07 Å². The first kappa shape index (κ1) is 19.1. The third-order valence-corrected chi connectivity index (χ3v) is 6.21. The predicted molar refractivity (Wildman–Crippen MR) is 103 cm³/mol. The van der Waals surface area contributed by atoms with Gasteiger partial charge in [0.2, 0.25) is 0 Å². The van der Waals surface area contributed by atoms with Gasteiger partial charge in [0, 0.05) is 16.6 Å². The van der Waals surface area contributed by atoms with Crippen molar-refractivity contribution in [3.8, 4) is 11.1 Å². The van der Waals surface area contributed by atoms with Gasteiger partial charge in [-0.3, -0.25) is 4.72 Å². The number of esters is 1. The first-order valence-corrected chi connectivity index (χ1v) is 10.4. The van der Waals surface area contributed by atoms with Crippen molar-refractivity contribution >= 4 is 33.0 Å². The number of carbonyl (C=O) groups is 1. The molecule has 0 aliphatic carbocycles. The third kappa shape index (κ3) is 4.17. The first-order chi connectivity index (χ1) is 12.9. The van der Waals surface area contributed by atoms with Crippen LogP contribution in [0.1, 0.15) is 16.6 Å². The lowest BCUT2D eigenvalue weighted by atomic mass is 10.1. The maximum Gasteiger partial charge on any atom is 0.349 e. The van der Waals surface area contributed by atoms with Gasteiger partial charge < -0.3 is 4.74 Å². The minimum absolute atomic E-state index is 0.00897. The fourth-order valence-corrected chi connectivity index (χ4v) is 5.24. The summed E-state index contributed by atoms with van der Waals surface area (Å²) in [6.45, 7) is 1.77. The van der Waals surface area contributed by atoms with E-state index in [4.69, 9.17) is 4.74 Å². The molecular weight excluding hydrogens is 389 g/mol. The highest BCUT2D eigenvalue weighted by Crippen LogP contribution is 2.36. The van der Waals surface area contributed by atoms with Crippen LogP contribution in [0.4, 0.5) is 10.1 Å². The molecule has 140 valence electrons. The number of ether oxygens (including phenoxy) is 1. The number of benzene rings is 2. The maximum atomic E-state index is 13.1. The van der Waals surface area contributed by atoms with E-state index in [1.54, 1.807) is 36.6 Å². The molecule has 27 heavy (non-hydrogen) atoms. The standard InChI is InChI=1S/C19H16FNO4S2/c1-2-25-19(22)17-18(16(12-26-17)13-6-4-3-5-7-13)27(23,24)21-15-10-8-14(20)9-11-15/h3-12,21H,2H2,1H3. The number of nitrogens with one attached hydrogen (secondary N) is 1. The van der Waals surface area contributed by atoms with E-state index in [0.717, 1.165) is 23.5 Å². The number of carbonyl (C=O) groups excluding carboxylic acids is 1. The molecule has 8 heteroatoms. The van der Waals surface area contributed by atoms with Crippen LogP contribution in [0, 0.1) is 5.82 Å². The van der Waals surface area contributed by atoms with Gasteiger partial charge in [-0.2, -0.15) is 0 Å². The van der Waals surface area contributed by atoms with Crippen LogP contribution in [0.3, 0.4) is 0 Å². The van der Waals surface area contributed by atoms with Crippen LogP contribution in [0.15, 0.2) is 64.9 Å². The molecule has 1 heterocycles. The van der Waals surface area contributed by atoms with Crippen LogP contribution >= 0.6 is 11.3 Å². The molecule has 3 rings (SSSR count). The summed E-state index contributed by atoms with van der Waals surface area (Å²) >= 11 is 1.01. The van der Waals surface area contributed by atoms with Crippen LogP contribution in [-0.4, -0.2) is 21.0 Å². The Morgan fingerprint density at radius 1 is 1.11 bits per heavy atom. The van der Waals surface area contributed by atoms with Crippen LogP contribution in [0.2, 0.25) is 0 Å². The summed E-state index contributed by atoms with van der Waals surface area (Å²) in [5.41, 5.74) is 1.25. The molecule has 3 aromatic rings. The highest BCUT2D eigenvalue weighted by molar-refractivity contribution is 7.93. The SMILES string of the molecule is CCOC(=O)c1scc(-c2ccccc2)c1S(=O)(=O)Nc1ccc(F)cc1. The maximum absolute atomic E-state index is 13.1. The number of hydrogen-bond donors (Lipinski definition) is 1. The van der Waals surface area contributed by atoms with Crippen molar-refractivity contribution in [2.45, 2.75) is 11.8 Å². The molecule has 0 aliphatic heterocycles. The summed E-state index contributed by atoms with van der Waals surface area (Å²) in [5, 5.41) is 1.61. The molecule has 2 aromatic carbocycles. The molecule has 1 N–H and O–H groups in total. The molecule has 0 amide bonds. The largest absolute Gasteiger partial charge is 0.462 e. The predicted octanol–water partition coefficient (Wildman–Crippen LogP) is 4.53. The zero-order valence-electron chi connectivity index (χ0n) is 14.3. The summed E-state index contributed by atoms with van der Waals surface area (Å²) in [7, 11) is -4.12. The van der Waals surface area contributed by atoms with Crippen LogP contribution in [-0.2, 0) is 14.8 Å². The Morgan fingerprint density at radius 3 is 2.41 bits per heavy atom. The Hall–Kier alpha value is -2.71. The Kier molecular flexibility index (Phi) is 5.57. The quantitative estimate of drug-likeness (QED) is 0.612. The number of hydrogen-bond acceptors (Lipinski definition) is 5. The Balaban J connectivity index is 2.11. The zero-order chi connectivity index (χ0) is 19.4. The average molecular weight is 405 g/mol. The molecule has 5 nitrogen and oxygen atoms in total. The lowest BCUT2D eigenvalue weighted by Crippen LogP contribution is -2.17. The van der Waals surface area contributed by atoms with Crippen molar-refractivity contribution in [3.63, 3.8) is 0 Å². The molecule has 0 unspecified atom stereocenters. The number of halogens is 1. The highest BCUT2D eigenvalue weighted by Gasteiger charge is 2.30. The van der Waals surface area contributed by atoms with Crippen LogP contribution in [0.25, 0.3) is 11.1 Å². The van der Waals surface area contributed by atoms with Crippen molar-refractivity contribution in [2.75, 3.05) is 11.3 Å². The Bertz CT molecular complexity index is 1050. The molecule has 0 radical (unpaired) electrons. The van der Waals surface area contributed by atoms with Crippen LogP contribution < -0.4 is 4.72 Å². The Labute approximate surface area is 160 Å². The van der Waals surface area contributed by atoms with Gasteiger partial charge in [-0.25, -0.2) is 17.6 Å². The van der Waals surface area contributed by atoms with Gasteiger partial charge in [0.15, 0.2) is 0 Å². The fourth-order valence-electron chi connectivity index (χ4n) is 2.49. The number of anilines is 1. The summed E-state index contributed by atoms with van der Waals surface area (Å²) in [5.74, 6) is -1.19. The van der Waals surface area contributed by atoms with Gasteiger partial charge in [-0.1, -0.05) is 30.3 Å². The summed E-state index contributed by atoms with van der Waals surface area (Å²) in [6, 6.07) is 13.8. The van der Waals surface area contributed by atoms with E-state index < -0.39 is 21.8 Å². The third-order valence-electron chi connectivity index (χ3n) is 3.66. The van der Waals surface area contributed by atoms with Crippen molar-refractivity contribution in [2.24, 2.45) is 0 Å². The number of rotatable bonds is 6. The van der Waals surface area contributed by atoms with E-state index in [0.29, 0.717) is 11.1 Å². The van der Waals surface area contributed by atoms with Gasteiger partial charge in [0.05, 0.1) is 6.61 Å². The Morgan fingerprint density at radius 2 is 1.78 bits per heavy atom. The van der Waals surface area contributed by atoms with Gasteiger partial charge in [0.25, 0.3) is 10.0 Å². The molecule has 0 fully saturated rings. The van der Waals surface area contributed by atoms with Crippen molar-refractivity contribution in [1.29, 1.82) is 0 Å². The molecular formula is C19H16FNO4S2. The van der Waals surface area contributed by atoms with E-state index in [2.05, 4.69) is 4.72 Å². The molecule has 0 saturated carbocycles. The van der Waals surface area contributed by atoms with E-state index in [-0.39, 0.29) is 22.1 Å². The van der Waals surface area contributed by atoms with Crippen LogP contribution in [0.5, 0.6) is 0 Å². The molecule has 1 aromatic heterocycles. The second-order valence-electron chi connectivity index (χ2n) is 5.51. The van der Waals surface area contributed by atoms with E-state index in [1.165, 1.54) is 12.1 Å². The minimum atomic E-state index is -4.12. The lowest BCUT2D eigenvalue weighted by Gasteiger charge is -2.11. The molecule has 0 bridgehead atoms. The summed E-state index contributed by atoms with van der Waals surface area (Å²) in [4.78, 5) is 12.1. The minimum Gasteiger partial charge on any atom is -0.462 e. The first-order valence-electron chi connectivity index (χ1n) is 8.05. The smallest absolute Gasteiger partial charge is 0.349 e. The number of sulfonamides is 1. The van der Waals surface area contributed by atoms with Gasteiger partial charge in [-0.15, -0.1) is 11.3 Å².